The number of benzene rings is 2. The van der Waals surface area contributed by atoms with Gasteiger partial charge >= 0.3 is 0 Å². The van der Waals surface area contributed by atoms with E-state index in [4.69, 9.17) is 15.3 Å². The number of nitrogens with one attached hydrogen (secondary N) is 1. The summed E-state index contributed by atoms with van der Waals surface area (Å²) in [4.78, 5) is 7.81. The lowest BCUT2D eigenvalue weighted by atomic mass is 9.96. The predicted octanol–water partition coefficient (Wildman–Crippen LogP) is 3.74. The second kappa shape index (κ2) is 5.25. The number of fused-ring (bicyclic) bond motifs is 3. The van der Waals surface area contributed by atoms with Crippen molar-refractivity contribution in [3.05, 3.63) is 72.1 Å². The highest BCUT2D eigenvalue weighted by atomic mass is 16.7. The van der Waals surface area contributed by atoms with Crippen molar-refractivity contribution in [1.29, 1.82) is 0 Å². The fourth-order valence-electron chi connectivity index (χ4n) is 4.16. The Morgan fingerprint density at radius 2 is 1.93 bits per heavy atom. The molecule has 2 aliphatic heterocycles. The average Bonchev–Trinajstić information content (AvgIpc) is 3.32. The monoisotopic (exact) mass is 356 g/mol. The summed E-state index contributed by atoms with van der Waals surface area (Å²) in [6, 6.07) is 16.1. The third-order valence-electron chi connectivity index (χ3n) is 5.36. The van der Waals surface area contributed by atoms with Crippen molar-refractivity contribution in [3.63, 3.8) is 0 Å². The molecule has 6 heteroatoms. The van der Waals surface area contributed by atoms with Crippen LogP contribution in [0.25, 0.3) is 22.2 Å². The Balaban J connectivity index is 1.67. The Morgan fingerprint density at radius 1 is 1.04 bits per heavy atom. The van der Waals surface area contributed by atoms with Gasteiger partial charge in [0.05, 0.1) is 11.7 Å². The van der Waals surface area contributed by atoms with Crippen molar-refractivity contribution >= 4 is 16.7 Å². The van der Waals surface area contributed by atoms with Crippen LogP contribution >= 0.6 is 0 Å². The highest BCUT2D eigenvalue weighted by Crippen LogP contribution is 2.46. The molecule has 0 fully saturated rings. The van der Waals surface area contributed by atoms with Crippen molar-refractivity contribution in [3.8, 4) is 22.6 Å². The van der Waals surface area contributed by atoms with Crippen LogP contribution in [0.4, 0.5) is 5.69 Å². The molecule has 3 N–H and O–H groups in total. The van der Waals surface area contributed by atoms with E-state index in [0.717, 1.165) is 50.5 Å². The van der Waals surface area contributed by atoms with Crippen LogP contribution in [0.15, 0.2) is 60.9 Å². The summed E-state index contributed by atoms with van der Waals surface area (Å²) in [5.74, 6) is 8.22. The number of anilines is 1. The largest absolute Gasteiger partial charge is 0.454 e. The van der Waals surface area contributed by atoms with Crippen LogP contribution in [-0.2, 0) is 0 Å². The normalized spacial score (nSPS) is 17.1. The van der Waals surface area contributed by atoms with E-state index in [-0.39, 0.29) is 12.8 Å². The van der Waals surface area contributed by atoms with Gasteiger partial charge in [0.1, 0.15) is 5.65 Å². The highest BCUT2D eigenvalue weighted by molar-refractivity contribution is 6.01. The fourth-order valence-corrected chi connectivity index (χ4v) is 4.16. The van der Waals surface area contributed by atoms with Crippen LogP contribution < -0.4 is 20.3 Å². The molecule has 27 heavy (non-hydrogen) atoms. The van der Waals surface area contributed by atoms with E-state index in [1.807, 2.05) is 53.8 Å². The zero-order valence-corrected chi connectivity index (χ0v) is 14.3. The molecule has 2 aromatic heterocycles. The lowest BCUT2D eigenvalue weighted by molar-refractivity contribution is 0.174. The Hall–Kier alpha value is -3.51. The Kier molecular flexibility index (Phi) is 2.84. The molecule has 4 heterocycles. The van der Waals surface area contributed by atoms with Crippen molar-refractivity contribution in [1.82, 2.24) is 9.97 Å². The first-order valence-electron chi connectivity index (χ1n) is 8.80. The first kappa shape index (κ1) is 14.6. The van der Waals surface area contributed by atoms with Crippen LogP contribution in [0, 0.1) is 0 Å². The summed E-state index contributed by atoms with van der Waals surface area (Å²) < 4.78 is 11.1. The molecule has 1 unspecified atom stereocenters. The predicted molar refractivity (Wildman–Crippen MR) is 103 cm³/mol. The maximum atomic E-state index is 6.71. The molecule has 0 spiro atoms. The third-order valence-corrected chi connectivity index (χ3v) is 5.36. The number of hydrazine groups is 1. The van der Waals surface area contributed by atoms with E-state index in [1.165, 1.54) is 0 Å². The number of nitrogens with two attached hydrogens (primary N) is 1. The minimum absolute atomic E-state index is 0.181. The standard InChI is InChI=1S/C21H16N4O2/c22-25-16-4-2-1-3-13(16)14-7-8-23-21-19(14)15(10-24-21)20(25)12-5-6-17-18(9-12)27-11-26-17/h1-10,20H,11,22H2,(H,23,24). The highest BCUT2D eigenvalue weighted by Gasteiger charge is 2.31. The average molecular weight is 356 g/mol. The summed E-state index contributed by atoms with van der Waals surface area (Å²) >= 11 is 0. The second-order valence-corrected chi connectivity index (χ2v) is 6.77. The number of para-hydroxylation sites is 1. The van der Waals surface area contributed by atoms with E-state index in [9.17, 15) is 0 Å². The fraction of sp³-hybridized carbons (Fsp3) is 0.0952. The van der Waals surface area contributed by atoms with Gasteiger partial charge in [-0.05, 0) is 35.4 Å². The SMILES string of the molecule is NN1c2ccccc2-c2ccnc3[nH]cc(c23)C1c1ccc2c(c1)OCO2. The second-order valence-electron chi connectivity index (χ2n) is 6.77. The molecule has 0 radical (unpaired) electrons. The molecule has 1 atom stereocenters. The molecule has 0 saturated heterocycles. The van der Waals surface area contributed by atoms with E-state index < -0.39 is 0 Å². The number of hydrogen-bond donors (Lipinski definition) is 2. The molecule has 0 amide bonds. The number of ether oxygens (including phenoxy) is 2. The van der Waals surface area contributed by atoms with E-state index in [1.54, 1.807) is 0 Å². The molecule has 0 aliphatic carbocycles. The number of nitrogens with zero attached hydrogens (tertiary/aromatic N) is 2. The third kappa shape index (κ3) is 1.96. The van der Waals surface area contributed by atoms with Crippen LogP contribution in [0.5, 0.6) is 11.5 Å². The van der Waals surface area contributed by atoms with Crippen molar-refractivity contribution < 1.29 is 9.47 Å². The zero-order chi connectivity index (χ0) is 18.0. The molecular formula is C21H16N4O2. The Morgan fingerprint density at radius 3 is 2.89 bits per heavy atom. The van der Waals surface area contributed by atoms with Crippen molar-refractivity contribution in [2.24, 2.45) is 5.84 Å². The van der Waals surface area contributed by atoms with Gasteiger partial charge in [0, 0.05) is 28.9 Å². The first-order valence-corrected chi connectivity index (χ1v) is 8.80. The molecule has 0 saturated carbocycles. The van der Waals surface area contributed by atoms with Gasteiger partial charge in [-0.15, -0.1) is 0 Å². The van der Waals surface area contributed by atoms with Gasteiger partial charge in [-0.1, -0.05) is 24.3 Å². The lowest BCUT2D eigenvalue weighted by Crippen LogP contribution is -2.35. The van der Waals surface area contributed by atoms with Crippen LogP contribution in [-0.4, -0.2) is 16.8 Å². The molecule has 132 valence electrons. The molecule has 4 aromatic rings. The minimum Gasteiger partial charge on any atom is -0.454 e. The molecule has 6 rings (SSSR count). The lowest BCUT2D eigenvalue weighted by Gasteiger charge is -2.29. The Bertz CT molecular complexity index is 1200. The van der Waals surface area contributed by atoms with E-state index in [2.05, 4.69) is 22.1 Å². The van der Waals surface area contributed by atoms with Crippen LogP contribution in [0.3, 0.4) is 0 Å². The maximum absolute atomic E-state index is 6.71. The van der Waals surface area contributed by atoms with Gasteiger partial charge in [-0.2, -0.15) is 0 Å². The van der Waals surface area contributed by atoms with Crippen LogP contribution in [0.1, 0.15) is 17.2 Å². The van der Waals surface area contributed by atoms with Gasteiger partial charge < -0.3 is 14.5 Å². The topological polar surface area (TPSA) is 76.4 Å². The van der Waals surface area contributed by atoms with Gasteiger partial charge in [0.2, 0.25) is 6.79 Å². The van der Waals surface area contributed by atoms with Crippen molar-refractivity contribution in [2.45, 2.75) is 6.04 Å². The molecule has 6 nitrogen and oxygen atoms in total. The minimum atomic E-state index is -0.181. The summed E-state index contributed by atoms with van der Waals surface area (Å²) in [6.07, 6.45) is 3.83. The Labute approximate surface area is 155 Å². The number of H-pyrrole nitrogens is 1. The number of aromatic nitrogens is 2. The molecular weight excluding hydrogens is 340 g/mol. The van der Waals surface area contributed by atoms with E-state index in [0.29, 0.717) is 0 Å². The first-order chi connectivity index (χ1) is 13.3. The molecule has 2 aromatic carbocycles. The summed E-state index contributed by atoms with van der Waals surface area (Å²) in [5.41, 5.74) is 6.18. The van der Waals surface area contributed by atoms with Gasteiger partial charge in [-0.25, -0.2) is 10.8 Å². The van der Waals surface area contributed by atoms with Crippen LogP contribution in [0.2, 0.25) is 0 Å². The van der Waals surface area contributed by atoms with E-state index >= 15 is 0 Å². The van der Waals surface area contributed by atoms with Gasteiger partial charge in [-0.3, -0.25) is 5.01 Å². The zero-order valence-electron chi connectivity index (χ0n) is 14.3. The molecule has 0 bridgehead atoms. The summed E-state index contributed by atoms with van der Waals surface area (Å²) in [5, 5.41) is 2.93. The quantitative estimate of drug-likeness (QED) is 0.508. The number of pyridine rings is 1. The summed E-state index contributed by atoms with van der Waals surface area (Å²) in [7, 11) is 0. The van der Waals surface area contributed by atoms with Gasteiger partial charge in [0.15, 0.2) is 11.5 Å². The summed E-state index contributed by atoms with van der Waals surface area (Å²) in [6.45, 7) is 0.250. The van der Waals surface area contributed by atoms with Crippen molar-refractivity contribution in [2.75, 3.05) is 11.8 Å². The van der Waals surface area contributed by atoms with Gasteiger partial charge in [0.25, 0.3) is 0 Å². The number of rotatable bonds is 1. The number of aromatic amines is 1. The number of hydrogen-bond acceptors (Lipinski definition) is 5. The maximum Gasteiger partial charge on any atom is 0.231 e. The smallest absolute Gasteiger partial charge is 0.231 e. The molecule has 2 aliphatic rings.